The Kier molecular flexibility index (Phi) is 4.41. The monoisotopic (exact) mass is 388 g/mol. The second-order valence-electron chi connectivity index (χ2n) is 8.61. The largest absolute Gasteiger partial charge is 0.341 e. The molecule has 1 amide bonds. The fourth-order valence-corrected chi connectivity index (χ4v) is 5.18. The Bertz CT molecular complexity index is 1070. The van der Waals surface area contributed by atoms with Crippen molar-refractivity contribution in [1.29, 1.82) is 0 Å². The SMILES string of the molecule is CCC(CC)C(=O)N1CCC2(CCn3nc(-c4cnc5ccccc5c4)cc32)C1. The number of fused-ring (bicyclic) bond motifs is 3. The molecule has 1 spiro atoms. The summed E-state index contributed by atoms with van der Waals surface area (Å²) in [5.74, 6) is 0.500. The van der Waals surface area contributed by atoms with Crippen molar-refractivity contribution >= 4 is 16.8 Å². The maximum atomic E-state index is 12.9. The molecular formula is C24H28N4O. The molecule has 2 aliphatic heterocycles. The zero-order valence-electron chi connectivity index (χ0n) is 17.3. The van der Waals surface area contributed by atoms with Crippen molar-refractivity contribution in [2.75, 3.05) is 13.1 Å². The van der Waals surface area contributed by atoms with Crippen LogP contribution in [0.2, 0.25) is 0 Å². The summed E-state index contributed by atoms with van der Waals surface area (Å²) in [6, 6.07) is 12.6. The number of hydrogen-bond donors (Lipinski definition) is 0. The van der Waals surface area contributed by atoms with Crippen molar-refractivity contribution in [2.45, 2.75) is 51.5 Å². The number of aromatic nitrogens is 3. The number of amides is 1. The van der Waals surface area contributed by atoms with E-state index >= 15 is 0 Å². The fraction of sp³-hybridized carbons (Fsp3) is 0.458. The zero-order valence-corrected chi connectivity index (χ0v) is 17.3. The normalized spacial score (nSPS) is 20.9. The van der Waals surface area contributed by atoms with Gasteiger partial charge in [0.05, 0.1) is 11.2 Å². The molecule has 5 heteroatoms. The number of aryl methyl sites for hydroxylation is 1. The van der Waals surface area contributed by atoms with Gasteiger partial charge in [0.15, 0.2) is 0 Å². The Morgan fingerprint density at radius 2 is 1.93 bits per heavy atom. The molecule has 2 aromatic heterocycles. The number of pyridine rings is 1. The van der Waals surface area contributed by atoms with Crippen molar-refractivity contribution in [3.05, 3.63) is 48.3 Å². The third kappa shape index (κ3) is 2.95. The number of rotatable bonds is 4. The first-order chi connectivity index (χ1) is 14.1. The minimum Gasteiger partial charge on any atom is -0.341 e. The Morgan fingerprint density at radius 1 is 1.14 bits per heavy atom. The molecule has 4 heterocycles. The minimum atomic E-state index is 0.0667. The lowest BCUT2D eigenvalue weighted by atomic mass is 9.82. The maximum absolute atomic E-state index is 12.9. The van der Waals surface area contributed by atoms with Crippen molar-refractivity contribution in [3.63, 3.8) is 0 Å². The van der Waals surface area contributed by atoms with E-state index in [1.54, 1.807) is 0 Å². The van der Waals surface area contributed by atoms with Crippen molar-refractivity contribution in [3.8, 4) is 11.3 Å². The number of carbonyl (C=O) groups excluding carboxylic acids is 1. The Morgan fingerprint density at radius 3 is 2.76 bits per heavy atom. The van der Waals surface area contributed by atoms with Gasteiger partial charge in [0.2, 0.25) is 5.91 Å². The van der Waals surface area contributed by atoms with E-state index in [9.17, 15) is 4.79 Å². The number of carbonyl (C=O) groups is 1. The van der Waals surface area contributed by atoms with Gasteiger partial charge in [-0.25, -0.2) is 0 Å². The van der Waals surface area contributed by atoms with Crippen LogP contribution in [0.15, 0.2) is 42.6 Å². The van der Waals surface area contributed by atoms with E-state index < -0.39 is 0 Å². The highest BCUT2D eigenvalue weighted by atomic mass is 16.2. The molecule has 1 unspecified atom stereocenters. The summed E-state index contributed by atoms with van der Waals surface area (Å²) in [5.41, 5.74) is 4.41. The van der Waals surface area contributed by atoms with Crippen LogP contribution >= 0.6 is 0 Å². The lowest BCUT2D eigenvalue weighted by Crippen LogP contribution is -2.37. The molecule has 5 nitrogen and oxygen atoms in total. The van der Waals surface area contributed by atoms with Gasteiger partial charge in [0.1, 0.15) is 0 Å². The first-order valence-corrected chi connectivity index (χ1v) is 10.9. The molecule has 0 N–H and O–H groups in total. The molecule has 29 heavy (non-hydrogen) atoms. The van der Waals surface area contributed by atoms with Crippen molar-refractivity contribution in [2.24, 2.45) is 5.92 Å². The second kappa shape index (κ2) is 6.97. The third-order valence-electron chi connectivity index (χ3n) is 7.01. The van der Waals surface area contributed by atoms with E-state index in [1.165, 1.54) is 5.69 Å². The van der Waals surface area contributed by atoms with Crippen LogP contribution in [-0.4, -0.2) is 38.7 Å². The number of para-hydroxylation sites is 1. The van der Waals surface area contributed by atoms with E-state index in [2.05, 4.69) is 46.6 Å². The quantitative estimate of drug-likeness (QED) is 0.665. The average molecular weight is 389 g/mol. The van der Waals surface area contributed by atoms with Gasteiger partial charge >= 0.3 is 0 Å². The number of benzene rings is 1. The smallest absolute Gasteiger partial charge is 0.225 e. The van der Waals surface area contributed by atoms with Gasteiger partial charge in [0.25, 0.3) is 0 Å². The lowest BCUT2D eigenvalue weighted by molar-refractivity contribution is -0.134. The first-order valence-electron chi connectivity index (χ1n) is 10.9. The summed E-state index contributed by atoms with van der Waals surface area (Å²) < 4.78 is 2.16. The lowest BCUT2D eigenvalue weighted by Gasteiger charge is -2.25. The van der Waals surface area contributed by atoms with Gasteiger partial charge in [0, 0.05) is 53.8 Å². The second-order valence-corrected chi connectivity index (χ2v) is 8.61. The summed E-state index contributed by atoms with van der Waals surface area (Å²) in [6.45, 7) is 6.87. The van der Waals surface area contributed by atoms with E-state index in [1.807, 2.05) is 24.4 Å². The summed E-state index contributed by atoms with van der Waals surface area (Å²) >= 11 is 0. The van der Waals surface area contributed by atoms with Crippen LogP contribution in [0.25, 0.3) is 22.2 Å². The Hall–Kier alpha value is -2.69. The van der Waals surface area contributed by atoms with Gasteiger partial charge in [-0.05, 0) is 43.9 Å². The van der Waals surface area contributed by atoms with E-state index in [0.29, 0.717) is 5.91 Å². The summed E-state index contributed by atoms with van der Waals surface area (Å²) in [7, 11) is 0. The van der Waals surface area contributed by atoms with E-state index in [4.69, 9.17) is 5.10 Å². The van der Waals surface area contributed by atoms with Gasteiger partial charge in [-0.1, -0.05) is 32.0 Å². The number of nitrogens with zero attached hydrogens (tertiary/aromatic N) is 4. The van der Waals surface area contributed by atoms with Crippen LogP contribution in [0.5, 0.6) is 0 Å². The molecule has 150 valence electrons. The Balaban J connectivity index is 1.43. The molecule has 5 rings (SSSR count). The molecule has 0 aliphatic carbocycles. The molecule has 0 bridgehead atoms. The van der Waals surface area contributed by atoms with Crippen LogP contribution < -0.4 is 0 Å². The van der Waals surface area contributed by atoms with E-state index in [0.717, 1.165) is 67.5 Å². The van der Waals surface area contributed by atoms with Crippen LogP contribution in [0.1, 0.15) is 45.2 Å². The van der Waals surface area contributed by atoms with Gasteiger partial charge in [-0.2, -0.15) is 5.10 Å². The zero-order chi connectivity index (χ0) is 20.0. The average Bonchev–Trinajstić information content (AvgIpc) is 3.45. The van der Waals surface area contributed by atoms with Gasteiger partial charge < -0.3 is 4.90 Å². The summed E-state index contributed by atoms with van der Waals surface area (Å²) in [5, 5.41) is 6.03. The van der Waals surface area contributed by atoms with Crippen molar-refractivity contribution in [1.82, 2.24) is 19.7 Å². The molecular weight excluding hydrogens is 360 g/mol. The topological polar surface area (TPSA) is 51.0 Å². The van der Waals surface area contributed by atoms with Crippen LogP contribution in [-0.2, 0) is 16.8 Å². The molecule has 0 saturated carbocycles. The standard InChI is InChI=1S/C24H28N4O/c1-3-17(4-2)23(29)27-11-9-24(16-27)10-12-28-22(24)14-21(26-28)19-13-18-7-5-6-8-20(18)25-15-19/h5-8,13-15,17H,3-4,9-12,16H2,1-2H3. The van der Waals surface area contributed by atoms with Crippen molar-refractivity contribution < 1.29 is 4.79 Å². The molecule has 1 atom stereocenters. The number of likely N-dealkylation sites (tertiary alicyclic amines) is 1. The molecule has 1 aromatic carbocycles. The molecule has 3 aromatic rings. The van der Waals surface area contributed by atoms with Gasteiger partial charge in [-0.15, -0.1) is 0 Å². The predicted molar refractivity (Wildman–Crippen MR) is 115 cm³/mol. The van der Waals surface area contributed by atoms with E-state index in [-0.39, 0.29) is 11.3 Å². The highest BCUT2D eigenvalue weighted by Gasteiger charge is 2.47. The summed E-state index contributed by atoms with van der Waals surface area (Å²) in [4.78, 5) is 19.6. The molecule has 2 aliphatic rings. The maximum Gasteiger partial charge on any atom is 0.225 e. The molecule has 0 radical (unpaired) electrons. The van der Waals surface area contributed by atoms with Crippen LogP contribution in [0, 0.1) is 5.92 Å². The van der Waals surface area contributed by atoms with Crippen LogP contribution in [0.4, 0.5) is 0 Å². The fourth-order valence-electron chi connectivity index (χ4n) is 5.18. The third-order valence-corrected chi connectivity index (χ3v) is 7.01. The predicted octanol–water partition coefficient (Wildman–Crippen LogP) is 4.41. The summed E-state index contributed by atoms with van der Waals surface area (Å²) in [6.07, 6.45) is 5.90. The van der Waals surface area contributed by atoms with Gasteiger partial charge in [-0.3, -0.25) is 14.5 Å². The molecule has 1 saturated heterocycles. The number of hydrogen-bond acceptors (Lipinski definition) is 3. The first kappa shape index (κ1) is 18.3. The van der Waals surface area contributed by atoms with Crippen LogP contribution in [0.3, 0.4) is 0 Å². The molecule has 1 fully saturated rings. The minimum absolute atomic E-state index is 0.0667. The Labute approximate surface area is 171 Å². The highest BCUT2D eigenvalue weighted by molar-refractivity contribution is 5.83. The highest BCUT2D eigenvalue weighted by Crippen LogP contribution is 2.44.